The van der Waals surface area contributed by atoms with E-state index < -0.39 is 0 Å². The summed E-state index contributed by atoms with van der Waals surface area (Å²) in [6, 6.07) is 0.536. The zero-order valence-electron chi connectivity index (χ0n) is 9.03. The number of nitrogen functional groups attached to an aromatic ring is 1. The number of anilines is 1. The Bertz CT molecular complexity index is 312. The molecule has 1 aromatic heterocycles. The number of hydrogen-bond donors (Lipinski definition) is 1. The molecule has 2 rings (SSSR count). The number of rotatable bonds is 4. The summed E-state index contributed by atoms with van der Waals surface area (Å²) in [4.78, 5) is 0. The first kappa shape index (κ1) is 9.56. The second kappa shape index (κ2) is 3.64. The molecule has 0 amide bonds. The van der Waals surface area contributed by atoms with Crippen molar-refractivity contribution in [1.29, 1.82) is 0 Å². The van der Waals surface area contributed by atoms with Crippen molar-refractivity contribution in [2.45, 2.75) is 45.6 Å². The van der Waals surface area contributed by atoms with Crippen molar-refractivity contribution in [3.8, 4) is 0 Å². The molecule has 1 saturated carbocycles. The lowest BCUT2D eigenvalue weighted by molar-refractivity contribution is 0.424. The Hall–Kier alpha value is -0.990. The molecule has 2 N–H and O–H groups in total. The van der Waals surface area contributed by atoms with Crippen LogP contribution in [0.25, 0.3) is 0 Å². The molecule has 1 atom stereocenters. The SMILES string of the molecule is CCCc1c(N)cnn1C(C)C1CC1. The second-order valence-electron chi connectivity index (χ2n) is 4.32. The molecule has 3 nitrogen and oxygen atoms in total. The lowest BCUT2D eigenvalue weighted by Crippen LogP contribution is -2.12. The number of aromatic nitrogens is 2. The van der Waals surface area contributed by atoms with Crippen molar-refractivity contribution < 1.29 is 0 Å². The van der Waals surface area contributed by atoms with Crippen LogP contribution in [0, 0.1) is 5.92 Å². The molecule has 0 saturated heterocycles. The predicted molar refractivity (Wildman–Crippen MR) is 58.1 cm³/mol. The Kier molecular flexibility index (Phi) is 2.48. The van der Waals surface area contributed by atoms with Crippen LogP contribution in [0.3, 0.4) is 0 Å². The number of nitrogens with zero attached hydrogens (tertiary/aromatic N) is 2. The van der Waals surface area contributed by atoms with Gasteiger partial charge < -0.3 is 5.73 Å². The maximum atomic E-state index is 5.90. The second-order valence-corrected chi connectivity index (χ2v) is 4.32. The van der Waals surface area contributed by atoms with Gasteiger partial charge in [0.2, 0.25) is 0 Å². The van der Waals surface area contributed by atoms with Crippen LogP contribution >= 0.6 is 0 Å². The Balaban J connectivity index is 2.22. The number of nitrogens with two attached hydrogens (primary N) is 1. The molecule has 1 heterocycles. The Morgan fingerprint density at radius 1 is 1.64 bits per heavy atom. The fraction of sp³-hybridized carbons (Fsp3) is 0.727. The van der Waals surface area contributed by atoms with Crippen molar-refractivity contribution in [2.75, 3.05) is 5.73 Å². The Morgan fingerprint density at radius 3 is 2.93 bits per heavy atom. The first-order chi connectivity index (χ1) is 6.74. The van der Waals surface area contributed by atoms with Crippen LogP contribution in [0.5, 0.6) is 0 Å². The van der Waals surface area contributed by atoms with E-state index in [1.165, 1.54) is 18.5 Å². The van der Waals surface area contributed by atoms with Crippen LogP contribution in [-0.2, 0) is 6.42 Å². The minimum atomic E-state index is 0.536. The minimum Gasteiger partial charge on any atom is -0.396 e. The highest BCUT2D eigenvalue weighted by Gasteiger charge is 2.30. The van der Waals surface area contributed by atoms with Gasteiger partial charge in [-0.15, -0.1) is 0 Å². The van der Waals surface area contributed by atoms with Crippen LogP contribution in [0.1, 0.15) is 44.8 Å². The van der Waals surface area contributed by atoms with Gasteiger partial charge in [-0.1, -0.05) is 13.3 Å². The van der Waals surface area contributed by atoms with Gasteiger partial charge in [-0.25, -0.2) is 0 Å². The van der Waals surface area contributed by atoms with Crippen molar-refractivity contribution in [3.05, 3.63) is 11.9 Å². The third-order valence-electron chi connectivity index (χ3n) is 3.11. The van der Waals surface area contributed by atoms with E-state index in [9.17, 15) is 0 Å². The molecule has 14 heavy (non-hydrogen) atoms. The summed E-state index contributed by atoms with van der Waals surface area (Å²) in [5.41, 5.74) is 7.99. The number of hydrogen-bond acceptors (Lipinski definition) is 2. The average molecular weight is 193 g/mol. The molecule has 0 radical (unpaired) electrons. The van der Waals surface area contributed by atoms with Gasteiger partial charge in [0.05, 0.1) is 23.6 Å². The summed E-state index contributed by atoms with van der Waals surface area (Å²) < 4.78 is 2.14. The van der Waals surface area contributed by atoms with E-state index >= 15 is 0 Å². The zero-order chi connectivity index (χ0) is 10.1. The molecule has 1 fully saturated rings. The van der Waals surface area contributed by atoms with Crippen LogP contribution in [0.15, 0.2) is 6.20 Å². The van der Waals surface area contributed by atoms with E-state index in [1.54, 1.807) is 6.20 Å². The maximum absolute atomic E-state index is 5.90. The van der Waals surface area contributed by atoms with E-state index in [0.29, 0.717) is 6.04 Å². The minimum absolute atomic E-state index is 0.536. The standard InChI is InChI=1S/C11H19N3/c1-3-4-11-10(12)7-13-14(11)8(2)9-5-6-9/h7-9H,3-6,12H2,1-2H3. The normalized spacial score (nSPS) is 18.4. The molecule has 1 unspecified atom stereocenters. The Morgan fingerprint density at radius 2 is 2.36 bits per heavy atom. The molecule has 0 aliphatic heterocycles. The van der Waals surface area contributed by atoms with Crippen LogP contribution < -0.4 is 5.73 Å². The van der Waals surface area contributed by atoms with E-state index in [1.807, 2.05) is 0 Å². The lowest BCUT2D eigenvalue weighted by atomic mass is 10.2. The highest BCUT2D eigenvalue weighted by atomic mass is 15.3. The monoisotopic (exact) mass is 193 g/mol. The third-order valence-corrected chi connectivity index (χ3v) is 3.11. The fourth-order valence-corrected chi connectivity index (χ4v) is 2.03. The first-order valence-corrected chi connectivity index (χ1v) is 5.56. The van der Waals surface area contributed by atoms with Gasteiger partial charge >= 0.3 is 0 Å². The molecule has 1 aliphatic rings. The first-order valence-electron chi connectivity index (χ1n) is 5.56. The van der Waals surface area contributed by atoms with Gasteiger partial charge in [0.1, 0.15) is 0 Å². The van der Waals surface area contributed by atoms with Gasteiger partial charge in [-0.05, 0) is 32.1 Å². The summed E-state index contributed by atoms with van der Waals surface area (Å²) in [7, 11) is 0. The zero-order valence-corrected chi connectivity index (χ0v) is 9.03. The van der Waals surface area contributed by atoms with Crippen molar-refractivity contribution >= 4 is 5.69 Å². The maximum Gasteiger partial charge on any atom is 0.0733 e. The van der Waals surface area contributed by atoms with E-state index in [0.717, 1.165) is 24.4 Å². The van der Waals surface area contributed by atoms with E-state index in [-0.39, 0.29) is 0 Å². The summed E-state index contributed by atoms with van der Waals surface area (Å²) in [6.07, 6.45) is 6.68. The molecule has 1 aliphatic carbocycles. The van der Waals surface area contributed by atoms with Gasteiger partial charge in [0, 0.05) is 0 Å². The van der Waals surface area contributed by atoms with Crippen LogP contribution in [0.2, 0.25) is 0 Å². The fourth-order valence-electron chi connectivity index (χ4n) is 2.03. The molecule has 0 aromatic carbocycles. The highest BCUT2D eigenvalue weighted by Crippen LogP contribution is 2.40. The van der Waals surface area contributed by atoms with Crippen LogP contribution in [-0.4, -0.2) is 9.78 Å². The molecule has 78 valence electrons. The van der Waals surface area contributed by atoms with Gasteiger partial charge in [0.25, 0.3) is 0 Å². The third kappa shape index (κ3) is 1.63. The van der Waals surface area contributed by atoms with Gasteiger partial charge in [-0.2, -0.15) is 5.10 Å². The van der Waals surface area contributed by atoms with Crippen LogP contribution in [0.4, 0.5) is 5.69 Å². The average Bonchev–Trinajstić information content (AvgIpc) is 2.94. The van der Waals surface area contributed by atoms with Crippen molar-refractivity contribution in [2.24, 2.45) is 5.92 Å². The van der Waals surface area contributed by atoms with Gasteiger partial charge in [0.15, 0.2) is 0 Å². The van der Waals surface area contributed by atoms with Gasteiger partial charge in [-0.3, -0.25) is 4.68 Å². The van der Waals surface area contributed by atoms with Crippen molar-refractivity contribution in [3.63, 3.8) is 0 Å². The summed E-state index contributed by atoms with van der Waals surface area (Å²) in [5.74, 6) is 0.838. The summed E-state index contributed by atoms with van der Waals surface area (Å²) in [5, 5.41) is 4.39. The highest BCUT2D eigenvalue weighted by molar-refractivity contribution is 5.41. The molecular formula is C11H19N3. The summed E-state index contributed by atoms with van der Waals surface area (Å²) >= 11 is 0. The summed E-state index contributed by atoms with van der Waals surface area (Å²) in [6.45, 7) is 4.43. The lowest BCUT2D eigenvalue weighted by Gasteiger charge is -2.14. The molecule has 1 aromatic rings. The van der Waals surface area contributed by atoms with Crippen molar-refractivity contribution in [1.82, 2.24) is 9.78 Å². The topological polar surface area (TPSA) is 43.8 Å². The van der Waals surface area contributed by atoms with E-state index in [4.69, 9.17) is 5.73 Å². The molecule has 0 spiro atoms. The molecule has 0 bridgehead atoms. The smallest absolute Gasteiger partial charge is 0.0733 e. The molecule has 3 heteroatoms. The largest absolute Gasteiger partial charge is 0.396 e. The Labute approximate surface area is 85.3 Å². The quantitative estimate of drug-likeness (QED) is 0.798. The predicted octanol–water partition coefficient (Wildman–Crippen LogP) is 2.39. The molecular weight excluding hydrogens is 174 g/mol. The van der Waals surface area contributed by atoms with E-state index in [2.05, 4.69) is 23.6 Å².